The summed E-state index contributed by atoms with van der Waals surface area (Å²) in [5.74, 6) is 1.08. The number of methoxy groups -OCH3 is 2. The van der Waals surface area contributed by atoms with Gasteiger partial charge in [0.15, 0.2) is 11.5 Å². The first-order valence-electron chi connectivity index (χ1n) is 13.2. The maximum absolute atomic E-state index is 13.9. The Labute approximate surface area is 227 Å². The highest BCUT2D eigenvalue weighted by molar-refractivity contribution is 5.88. The van der Waals surface area contributed by atoms with Crippen molar-refractivity contribution in [2.24, 2.45) is 0 Å². The van der Waals surface area contributed by atoms with Gasteiger partial charge >= 0.3 is 0 Å². The Morgan fingerprint density at radius 3 is 2.24 bits per heavy atom. The SMILES string of the molecule is CC[C@H](C)NC(=O)[C@H](Cc1ccccc1)N(Cc1cccc(C)c1)C(=O)CCc1ccc(OC)c(OC)c1. The number of hydrogen-bond donors (Lipinski definition) is 1. The van der Waals surface area contributed by atoms with Crippen molar-refractivity contribution in [2.75, 3.05) is 14.2 Å². The highest BCUT2D eigenvalue weighted by Gasteiger charge is 2.30. The van der Waals surface area contributed by atoms with Gasteiger partial charge in [0.2, 0.25) is 11.8 Å². The number of aryl methyl sites for hydroxylation is 2. The number of amides is 2. The van der Waals surface area contributed by atoms with Gasteiger partial charge < -0.3 is 19.7 Å². The summed E-state index contributed by atoms with van der Waals surface area (Å²) >= 11 is 0. The van der Waals surface area contributed by atoms with Crippen LogP contribution in [0, 0.1) is 6.92 Å². The van der Waals surface area contributed by atoms with E-state index in [1.165, 1.54) is 0 Å². The molecule has 0 saturated carbocycles. The van der Waals surface area contributed by atoms with E-state index in [9.17, 15) is 9.59 Å². The first kappa shape index (κ1) is 28.8. The normalized spacial score (nSPS) is 12.3. The lowest BCUT2D eigenvalue weighted by Gasteiger charge is -2.32. The molecular formula is C32H40N2O4. The van der Waals surface area contributed by atoms with Gasteiger partial charge in [0.1, 0.15) is 6.04 Å². The van der Waals surface area contributed by atoms with Crippen molar-refractivity contribution in [1.82, 2.24) is 10.2 Å². The van der Waals surface area contributed by atoms with E-state index in [-0.39, 0.29) is 24.3 Å². The Morgan fingerprint density at radius 1 is 0.868 bits per heavy atom. The molecule has 3 rings (SSSR count). The molecule has 0 heterocycles. The van der Waals surface area contributed by atoms with Gasteiger partial charge in [-0.2, -0.15) is 0 Å². The molecule has 3 aromatic carbocycles. The van der Waals surface area contributed by atoms with Crippen LogP contribution in [0.5, 0.6) is 11.5 Å². The lowest BCUT2D eigenvalue weighted by Crippen LogP contribution is -2.52. The van der Waals surface area contributed by atoms with Crippen molar-refractivity contribution >= 4 is 11.8 Å². The smallest absolute Gasteiger partial charge is 0.243 e. The summed E-state index contributed by atoms with van der Waals surface area (Å²) in [5, 5.41) is 3.12. The molecule has 0 aliphatic heterocycles. The van der Waals surface area contributed by atoms with Gasteiger partial charge in [-0.15, -0.1) is 0 Å². The van der Waals surface area contributed by atoms with Crippen molar-refractivity contribution in [3.63, 3.8) is 0 Å². The number of benzene rings is 3. The molecular weight excluding hydrogens is 476 g/mol. The quantitative estimate of drug-likeness (QED) is 0.326. The first-order chi connectivity index (χ1) is 18.3. The molecule has 0 saturated heterocycles. The van der Waals surface area contributed by atoms with Gasteiger partial charge in [0, 0.05) is 25.4 Å². The summed E-state index contributed by atoms with van der Waals surface area (Å²) in [4.78, 5) is 29.2. The van der Waals surface area contributed by atoms with Crippen LogP contribution in [-0.4, -0.2) is 43.0 Å². The zero-order valence-electron chi connectivity index (χ0n) is 23.2. The van der Waals surface area contributed by atoms with Crippen LogP contribution in [0.1, 0.15) is 48.9 Å². The lowest BCUT2D eigenvalue weighted by atomic mass is 10.0. The second-order valence-electron chi connectivity index (χ2n) is 9.72. The van der Waals surface area contributed by atoms with Gasteiger partial charge in [-0.3, -0.25) is 9.59 Å². The molecule has 0 bridgehead atoms. The van der Waals surface area contributed by atoms with Crippen molar-refractivity contribution in [2.45, 2.75) is 65.1 Å². The Bertz CT molecular complexity index is 1200. The number of rotatable bonds is 13. The fourth-order valence-corrected chi connectivity index (χ4v) is 4.43. The van der Waals surface area contributed by atoms with E-state index in [0.29, 0.717) is 30.9 Å². The van der Waals surface area contributed by atoms with Crippen molar-refractivity contribution in [3.05, 3.63) is 95.1 Å². The molecule has 38 heavy (non-hydrogen) atoms. The minimum Gasteiger partial charge on any atom is -0.493 e. The lowest BCUT2D eigenvalue weighted by molar-refractivity contribution is -0.141. The maximum atomic E-state index is 13.9. The molecule has 6 heteroatoms. The van der Waals surface area contributed by atoms with E-state index < -0.39 is 6.04 Å². The largest absolute Gasteiger partial charge is 0.493 e. The third kappa shape index (κ3) is 8.10. The molecule has 0 spiro atoms. The molecule has 0 fully saturated rings. The van der Waals surface area contributed by atoms with Crippen molar-refractivity contribution in [3.8, 4) is 11.5 Å². The molecule has 0 unspecified atom stereocenters. The zero-order chi connectivity index (χ0) is 27.5. The van der Waals surface area contributed by atoms with Gasteiger partial charge in [-0.05, 0) is 55.5 Å². The number of carbonyl (C=O) groups is 2. The summed E-state index contributed by atoms with van der Waals surface area (Å²) in [6.45, 7) is 6.42. The summed E-state index contributed by atoms with van der Waals surface area (Å²) < 4.78 is 10.8. The number of nitrogens with one attached hydrogen (secondary N) is 1. The van der Waals surface area contributed by atoms with Gasteiger partial charge in [-0.25, -0.2) is 0 Å². The van der Waals surface area contributed by atoms with Crippen molar-refractivity contribution in [1.29, 1.82) is 0 Å². The first-order valence-corrected chi connectivity index (χ1v) is 13.2. The molecule has 0 aliphatic carbocycles. The van der Waals surface area contributed by atoms with E-state index in [4.69, 9.17) is 9.47 Å². The highest BCUT2D eigenvalue weighted by Crippen LogP contribution is 2.28. The van der Waals surface area contributed by atoms with E-state index in [1.807, 2.05) is 87.5 Å². The zero-order valence-corrected chi connectivity index (χ0v) is 23.2. The molecule has 1 N–H and O–H groups in total. The molecule has 6 nitrogen and oxygen atoms in total. The topological polar surface area (TPSA) is 67.9 Å². The van der Waals surface area contributed by atoms with Crippen LogP contribution >= 0.6 is 0 Å². The van der Waals surface area contributed by atoms with Crippen LogP contribution in [0.25, 0.3) is 0 Å². The average molecular weight is 517 g/mol. The standard InChI is InChI=1S/C32H40N2O4/c1-6-24(3)33-32(36)28(20-25-12-8-7-9-13-25)34(22-27-14-10-11-23(2)19-27)31(35)18-16-26-15-17-29(37-4)30(21-26)38-5/h7-15,17,19,21,24,28H,6,16,18,20,22H2,1-5H3,(H,33,36)/t24-,28-/m0/s1. The van der Waals surface area contributed by atoms with Crippen LogP contribution in [0.2, 0.25) is 0 Å². The van der Waals surface area contributed by atoms with Gasteiger partial charge in [0.05, 0.1) is 14.2 Å². The molecule has 0 radical (unpaired) electrons. The number of hydrogen-bond acceptors (Lipinski definition) is 4. The van der Waals surface area contributed by atoms with Gasteiger partial charge in [0.25, 0.3) is 0 Å². The molecule has 0 aromatic heterocycles. The predicted molar refractivity (Wildman–Crippen MR) is 151 cm³/mol. The third-order valence-electron chi connectivity index (χ3n) is 6.78. The molecule has 0 aliphatic rings. The molecule has 3 aromatic rings. The van der Waals surface area contributed by atoms with E-state index >= 15 is 0 Å². The minimum atomic E-state index is -0.634. The Morgan fingerprint density at radius 2 is 1.58 bits per heavy atom. The van der Waals surface area contributed by atoms with Crippen LogP contribution in [0.4, 0.5) is 0 Å². The second kappa shape index (κ2) is 14.2. The Kier molecular flexibility index (Phi) is 10.8. The fourth-order valence-electron chi connectivity index (χ4n) is 4.43. The van der Waals surface area contributed by atoms with Crippen LogP contribution in [0.15, 0.2) is 72.8 Å². The minimum absolute atomic E-state index is 0.0171. The average Bonchev–Trinajstić information content (AvgIpc) is 2.93. The molecule has 2 atom stereocenters. The Balaban J connectivity index is 1.91. The number of nitrogens with zero attached hydrogens (tertiary/aromatic N) is 1. The highest BCUT2D eigenvalue weighted by atomic mass is 16.5. The molecule has 2 amide bonds. The van der Waals surface area contributed by atoms with Crippen LogP contribution in [0.3, 0.4) is 0 Å². The maximum Gasteiger partial charge on any atom is 0.243 e. The summed E-state index contributed by atoms with van der Waals surface area (Å²) in [6.07, 6.45) is 2.05. The summed E-state index contributed by atoms with van der Waals surface area (Å²) in [5.41, 5.74) is 4.09. The van der Waals surface area contributed by atoms with E-state index in [2.05, 4.69) is 11.4 Å². The predicted octanol–water partition coefficient (Wildman–Crippen LogP) is 5.50. The Hall–Kier alpha value is -3.80. The number of carbonyl (C=O) groups excluding carboxylic acids is 2. The second-order valence-corrected chi connectivity index (χ2v) is 9.72. The van der Waals surface area contributed by atoms with Crippen LogP contribution < -0.4 is 14.8 Å². The summed E-state index contributed by atoms with van der Waals surface area (Å²) in [6, 6.07) is 23.0. The van der Waals surface area contributed by atoms with Crippen molar-refractivity contribution < 1.29 is 19.1 Å². The van der Waals surface area contributed by atoms with E-state index in [0.717, 1.165) is 28.7 Å². The van der Waals surface area contributed by atoms with E-state index in [1.54, 1.807) is 19.1 Å². The monoisotopic (exact) mass is 516 g/mol. The van der Waals surface area contributed by atoms with Gasteiger partial charge in [-0.1, -0.05) is 73.2 Å². The fraction of sp³-hybridized carbons (Fsp3) is 0.375. The summed E-state index contributed by atoms with van der Waals surface area (Å²) in [7, 11) is 3.20. The molecule has 202 valence electrons. The van der Waals surface area contributed by atoms with Crippen LogP contribution in [-0.2, 0) is 29.0 Å². The third-order valence-corrected chi connectivity index (χ3v) is 6.78. The number of ether oxygens (including phenoxy) is 2.